The first-order valence-electron chi connectivity index (χ1n) is 14.6. The minimum absolute atomic E-state index is 0.0609. The fraction of sp³-hybridized carbons (Fsp3) is 0.966. The summed E-state index contributed by atoms with van der Waals surface area (Å²) in [4.78, 5) is 20.6. The number of unbranched alkanes of at least 4 members (excludes halogenated alkanes) is 11. The van der Waals surface area contributed by atoms with E-state index in [1.807, 2.05) is 0 Å². The van der Waals surface area contributed by atoms with E-state index < -0.39 is 0 Å². The van der Waals surface area contributed by atoms with Crippen molar-refractivity contribution in [2.75, 3.05) is 27.2 Å². The Labute approximate surface area is 207 Å². The first-order valence-corrected chi connectivity index (χ1v) is 14.6. The molecule has 0 saturated heterocycles. The largest absolute Gasteiger partial charge is 0.309 e. The van der Waals surface area contributed by atoms with Crippen molar-refractivity contribution >= 4 is 5.91 Å². The summed E-state index contributed by atoms with van der Waals surface area (Å²) in [5.74, 6) is 0.930. The smallest absolute Gasteiger partial charge is 0.246 e. The van der Waals surface area contributed by atoms with Gasteiger partial charge in [0.1, 0.15) is 0 Å². The Balaban J connectivity index is 4.33. The predicted molar refractivity (Wildman–Crippen MR) is 144 cm³/mol. The molecule has 0 aromatic rings. The number of carbonyl (C=O) groups is 1. The van der Waals surface area contributed by atoms with E-state index in [4.69, 9.17) is 4.84 Å². The number of carbonyl (C=O) groups excluding carboxylic acids is 1. The van der Waals surface area contributed by atoms with Gasteiger partial charge in [-0.1, -0.05) is 117 Å². The fourth-order valence-corrected chi connectivity index (χ4v) is 4.57. The predicted octanol–water partition coefficient (Wildman–Crippen LogP) is 8.30. The van der Waals surface area contributed by atoms with Crippen LogP contribution in [0.2, 0.25) is 0 Å². The van der Waals surface area contributed by atoms with Gasteiger partial charge in [-0.15, -0.1) is 0 Å². The Morgan fingerprint density at radius 2 is 1.18 bits per heavy atom. The average molecular weight is 469 g/mol. The van der Waals surface area contributed by atoms with Gasteiger partial charge in [0.15, 0.2) is 0 Å². The molecule has 0 saturated carbocycles. The van der Waals surface area contributed by atoms with Crippen molar-refractivity contribution in [2.24, 2.45) is 11.8 Å². The summed E-state index contributed by atoms with van der Waals surface area (Å²) in [6.45, 7) is 8.41. The lowest BCUT2D eigenvalue weighted by Crippen LogP contribution is -2.33. The lowest BCUT2D eigenvalue weighted by atomic mass is 9.86. The van der Waals surface area contributed by atoms with E-state index in [0.717, 1.165) is 31.7 Å². The molecule has 0 aromatic heterocycles. The van der Waals surface area contributed by atoms with E-state index in [1.54, 1.807) is 0 Å². The van der Waals surface area contributed by atoms with Gasteiger partial charge in [0.25, 0.3) is 0 Å². The second-order valence-electron chi connectivity index (χ2n) is 10.5. The Bertz CT molecular complexity index is 404. The van der Waals surface area contributed by atoms with Crippen molar-refractivity contribution < 1.29 is 9.63 Å². The van der Waals surface area contributed by atoms with Crippen molar-refractivity contribution in [3.63, 3.8) is 0 Å². The normalized spacial score (nSPS) is 12.6. The van der Waals surface area contributed by atoms with E-state index in [9.17, 15) is 4.79 Å². The van der Waals surface area contributed by atoms with Gasteiger partial charge in [0, 0.05) is 5.92 Å². The van der Waals surface area contributed by atoms with E-state index in [1.165, 1.54) is 103 Å². The first kappa shape index (κ1) is 32.4. The minimum atomic E-state index is 0.0609. The Hall–Kier alpha value is -0.610. The van der Waals surface area contributed by atoms with Gasteiger partial charge in [-0.05, 0) is 52.2 Å². The molecule has 0 heterocycles. The molecule has 0 fully saturated rings. The third-order valence-corrected chi connectivity index (χ3v) is 6.92. The molecule has 4 nitrogen and oxygen atoms in total. The monoisotopic (exact) mass is 468 g/mol. The molecule has 0 radical (unpaired) electrons. The summed E-state index contributed by atoms with van der Waals surface area (Å²) in [5.41, 5.74) is 2.80. The van der Waals surface area contributed by atoms with Crippen LogP contribution in [0.15, 0.2) is 0 Å². The average Bonchev–Trinajstić information content (AvgIpc) is 2.79. The second-order valence-corrected chi connectivity index (χ2v) is 10.5. The third-order valence-electron chi connectivity index (χ3n) is 6.92. The molecule has 1 amide bonds. The van der Waals surface area contributed by atoms with Crippen molar-refractivity contribution in [3.05, 3.63) is 0 Å². The van der Waals surface area contributed by atoms with Gasteiger partial charge in [-0.2, -0.15) is 0 Å². The van der Waals surface area contributed by atoms with Crippen LogP contribution in [0.5, 0.6) is 0 Å². The van der Waals surface area contributed by atoms with Gasteiger partial charge in [-0.25, -0.2) is 5.48 Å². The third kappa shape index (κ3) is 21.6. The van der Waals surface area contributed by atoms with E-state index in [-0.39, 0.29) is 11.8 Å². The van der Waals surface area contributed by atoms with Crippen LogP contribution < -0.4 is 5.48 Å². The van der Waals surface area contributed by atoms with E-state index in [2.05, 4.69) is 45.2 Å². The van der Waals surface area contributed by atoms with Crippen LogP contribution in [0.25, 0.3) is 0 Å². The number of hydrogen-bond acceptors (Lipinski definition) is 3. The van der Waals surface area contributed by atoms with Crippen LogP contribution in [0.4, 0.5) is 0 Å². The van der Waals surface area contributed by atoms with Crippen LogP contribution >= 0.6 is 0 Å². The Kier molecular flexibility index (Phi) is 24.1. The van der Waals surface area contributed by atoms with E-state index in [0.29, 0.717) is 6.61 Å². The number of nitrogens with one attached hydrogen (secondary N) is 1. The zero-order valence-electron chi connectivity index (χ0n) is 23.3. The van der Waals surface area contributed by atoms with Crippen molar-refractivity contribution in [2.45, 2.75) is 143 Å². The lowest BCUT2D eigenvalue weighted by molar-refractivity contribution is -0.138. The Morgan fingerprint density at radius 1 is 0.667 bits per heavy atom. The molecule has 1 atom stereocenters. The zero-order chi connectivity index (χ0) is 24.6. The standard InChI is InChI=1S/C29H60N2O2/c1-6-9-12-13-14-15-16-19-26-33-30-29(32)28(24-25-31(4)5)23-22-27(20-17-10-7-2)21-18-11-8-3/h27-28H,6-26H2,1-5H3,(H,30,32). The van der Waals surface area contributed by atoms with Crippen LogP contribution in [0, 0.1) is 11.8 Å². The second kappa shape index (κ2) is 24.5. The molecule has 0 aliphatic rings. The number of amides is 1. The lowest BCUT2D eigenvalue weighted by Gasteiger charge is -2.22. The highest BCUT2D eigenvalue weighted by Crippen LogP contribution is 2.25. The maximum atomic E-state index is 12.9. The number of hydroxylamine groups is 1. The van der Waals surface area contributed by atoms with Crippen LogP contribution in [-0.2, 0) is 9.63 Å². The molecule has 0 spiro atoms. The summed E-state index contributed by atoms with van der Waals surface area (Å²) in [7, 11) is 4.18. The first-order chi connectivity index (χ1) is 16.0. The van der Waals surface area contributed by atoms with Crippen LogP contribution in [0.3, 0.4) is 0 Å². The van der Waals surface area contributed by atoms with Crippen molar-refractivity contribution in [1.29, 1.82) is 0 Å². The molecule has 0 aliphatic carbocycles. The maximum Gasteiger partial charge on any atom is 0.246 e. The summed E-state index contributed by atoms with van der Waals surface area (Å²) in [6, 6.07) is 0. The summed E-state index contributed by atoms with van der Waals surface area (Å²) in [6.07, 6.45) is 23.9. The molecule has 0 aliphatic heterocycles. The number of hydrogen-bond donors (Lipinski definition) is 1. The highest BCUT2D eigenvalue weighted by atomic mass is 16.6. The summed E-state index contributed by atoms with van der Waals surface area (Å²) in [5, 5.41) is 0. The van der Waals surface area contributed by atoms with Gasteiger partial charge in [0.05, 0.1) is 6.61 Å². The number of rotatable bonds is 25. The Morgan fingerprint density at radius 3 is 1.73 bits per heavy atom. The maximum absolute atomic E-state index is 12.9. The van der Waals surface area contributed by atoms with Crippen molar-refractivity contribution in [1.82, 2.24) is 10.4 Å². The molecule has 1 N–H and O–H groups in total. The van der Waals surface area contributed by atoms with Gasteiger partial charge >= 0.3 is 0 Å². The SMILES string of the molecule is CCCCCCCCCCONC(=O)C(CCC(CCCCC)CCCCC)CCN(C)C. The van der Waals surface area contributed by atoms with Gasteiger partial charge < -0.3 is 4.90 Å². The highest BCUT2D eigenvalue weighted by Gasteiger charge is 2.21. The summed E-state index contributed by atoms with van der Waals surface area (Å²) >= 11 is 0. The molecule has 33 heavy (non-hydrogen) atoms. The topological polar surface area (TPSA) is 41.6 Å². The number of nitrogens with zero attached hydrogens (tertiary/aromatic N) is 1. The highest BCUT2D eigenvalue weighted by molar-refractivity contribution is 5.77. The van der Waals surface area contributed by atoms with Gasteiger partial charge in [-0.3, -0.25) is 9.63 Å². The molecule has 198 valence electrons. The van der Waals surface area contributed by atoms with Crippen molar-refractivity contribution in [3.8, 4) is 0 Å². The minimum Gasteiger partial charge on any atom is -0.309 e. The van der Waals surface area contributed by atoms with E-state index >= 15 is 0 Å². The summed E-state index contributed by atoms with van der Waals surface area (Å²) < 4.78 is 0. The zero-order valence-corrected chi connectivity index (χ0v) is 23.3. The molecule has 0 aromatic carbocycles. The van der Waals surface area contributed by atoms with Crippen LogP contribution in [-0.4, -0.2) is 38.1 Å². The molecule has 4 heteroatoms. The molecule has 0 bridgehead atoms. The molecule has 1 unspecified atom stereocenters. The molecular weight excluding hydrogens is 408 g/mol. The van der Waals surface area contributed by atoms with Gasteiger partial charge in [0.2, 0.25) is 5.91 Å². The fourth-order valence-electron chi connectivity index (χ4n) is 4.57. The molecular formula is C29H60N2O2. The quantitative estimate of drug-likeness (QED) is 0.108. The molecule has 0 rings (SSSR count). The van der Waals surface area contributed by atoms with Crippen LogP contribution in [0.1, 0.15) is 143 Å².